The number of fused-ring (bicyclic) bond motifs is 2. The van der Waals surface area contributed by atoms with Crippen LogP contribution >= 0.6 is 0 Å². The summed E-state index contributed by atoms with van der Waals surface area (Å²) in [5.74, 6) is -6.64. The standard InChI is InChI=1S/C30H28F3N5O4.C28H24F3N5O3/c1-41-12-11-38-24-14-21(30(39)40)27(32)28(33)29(24)36-25(38)16-37-9-7-19(8-10-37)23-3-2-4-26(35-23)42-17-20-6-5-18(15-34)13-22(20)31;1-38-28(37)19-12-22-27(26(31)25(19)30)35-23(33-22)14-36-9-7-17(8-10-36)21-3-2-4-24(34-21)39-15-18-6-5-16(13-32)11-20(18)29/h2-6,13-14,19H,7-12,16-17H2,1H3,(H,39,40);2-6,11-12,17H,7-10,14-15H2,1H3,(H,33,35). The summed E-state index contributed by atoms with van der Waals surface area (Å²) in [7, 11) is 2.62. The first-order valence-electron chi connectivity index (χ1n) is 25.7. The fraction of sp³-hybridized carbons (Fsp3) is 0.310. The maximum atomic E-state index is 14.8. The van der Waals surface area contributed by atoms with Crippen LogP contribution in [0.25, 0.3) is 22.1 Å². The van der Waals surface area contributed by atoms with E-state index in [-0.39, 0.29) is 64.9 Å². The molecule has 2 aliphatic heterocycles. The Balaban J connectivity index is 0.000000196. The molecule has 4 aromatic carbocycles. The summed E-state index contributed by atoms with van der Waals surface area (Å²) >= 11 is 0. The molecular weight excluding hydrogens is 1060 g/mol. The van der Waals surface area contributed by atoms with Gasteiger partial charge in [0.2, 0.25) is 11.8 Å². The lowest BCUT2D eigenvalue weighted by Crippen LogP contribution is -2.33. The first kappa shape index (κ1) is 56.8. The molecule has 81 heavy (non-hydrogen) atoms. The largest absolute Gasteiger partial charge is 0.478 e. The number of H-pyrrole nitrogens is 1. The van der Waals surface area contributed by atoms with Gasteiger partial charge in [-0.3, -0.25) is 9.80 Å². The lowest BCUT2D eigenvalue weighted by Gasteiger charge is -2.31. The number of benzene rings is 4. The van der Waals surface area contributed by atoms with Gasteiger partial charge in [0.15, 0.2) is 23.3 Å². The van der Waals surface area contributed by atoms with Crippen molar-refractivity contribution in [2.24, 2.45) is 0 Å². The van der Waals surface area contributed by atoms with Gasteiger partial charge in [-0.1, -0.05) is 24.3 Å². The lowest BCUT2D eigenvalue weighted by molar-refractivity contribution is 0.0593. The molecule has 8 aromatic rings. The van der Waals surface area contributed by atoms with Gasteiger partial charge in [-0.25, -0.2) is 55.9 Å². The monoisotopic (exact) mass is 1110 g/mol. The van der Waals surface area contributed by atoms with Crippen LogP contribution < -0.4 is 9.47 Å². The van der Waals surface area contributed by atoms with E-state index in [1.54, 1.807) is 22.8 Å². The molecule has 6 heterocycles. The van der Waals surface area contributed by atoms with Crippen molar-refractivity contribution in [3.8, 4) is 23.9 Å². The summed E-state index contributed by atoms with van der Waals surface area (Å²) in [6.07, 6.45) is 3.20. The topological polar surface area (TPSA) is 218 Å². The smallest absolute Gasteiger partial charge is 0.341 e. The van der Waals surface area contributed by atoms with Crippen molar-refractivity contribution < 1.29 is 60.0 Å². The van der Waals surface area contributed by atoms with Crippen molar-refractivity contribution in [3.63, 3.8) is 0 Å². The number of hydrogen-bond acceptors (Lipinski definition) is 14. The molecule has 0 amide bonds. The van der Waals surface area contributed by atoms with Gasteiger partial charge in [0.1, 0.15) is 58.7 Å². The maximum Gasteiger partial charge on any atom is 0.341 e. The van der Waals surface area contributed by atoms with Gasteiger partial charge < -0.3 is 33.6 Å². The summed E-state index contributed by atoms with van der Waals surface area (Å²) in [6, 6.07) is 25.6. The zero-order valence-electron chi connectivity index (χ0n) is 43.8. The number of likely N-dealkylation sites (tertiary alicyclic amines) is 2. The number of piperidine rings is 2. The van der Waals surface area contributed by atoms with E-state index >= 15 is 0 Å². The van der Waals surface area contributed by atoms with Crippen molar-refractivity contribution in [3.05, 3.63) is 176 Å². The lowest BCUT2D eigenvalue weighted by atomic mass is 9.93. The quantitative estimate of drug-likeness (QED) is 0.0640. The Morgan fingerprint density at radius 1 is 0.654 bits per heavy atom. The number of carboxylic acid groups (broad SMARTS) is 1. The molecule has 10 rings (SSSR count). The zero-order chi connectivity index (χ0) is 57.3. The normalized spacial score (nSPS) is 14.3. The number of imidazole rings is 2. The number of aromatic amines is 1. The van der Waals surface area contributed by atoms with Gasteiger partial charge in [0.05, 0.1) is 61.1 Å². The van der Waals surface area contributed by atoms with Crippen LogP contribution in [0.4, 0.5) is 26.3 Å². The molecule has 4 aromatic heterocycles. The number of nitrogens with zero attached hydrogens (tertiary/aromatic N) is 9. The molecule has 0 spiro atoms. The summed E-state index contributed by atoms with van der Waals surface area (Å²) in [5.41, 5.74) is 1.72. The van der Waals surface area contributed by atoms with E-state index in [4.69, 9.17) is 24.7 Å². The van der Waals surface area contributed by atoms with Gasteiger partial charge >= 0.3 is 11.9 Å². The SMILES string of the molecule is COC(=O)c1cc2[nH]c(CN3CCC(c4cccc(OCc5ccc(C#N)cc5F)n4)CC3)nc2c(F)c1F.COCCn1c(CN2CCC(c3cccc(OCc4ccc(C#N)cc4F)n3)CC2)nc2c(F)c(F)c(C(=O)O)cc21. The molecule has 0 unspecified atom stereocenters. The molecule has 0 bridgehead atoms. The van der Waals surface area contributed by atoms with Crippen molar-refractivity contribution in [1.29, 1.82) is 10.5 Å². The Bertz CT molecular complexity index is 3720. The van der Waals surface area contributed by atoms with E-state index < -0.39 is 58.0 Å². The van der Waals surface area contributed by atoms with Crippen LogP contribution in [0.5, 0.6) is 11.8 Å². The van der Waals surface area contributed by atoms with Crippen LogP contribution in [-0.2, 0) is 42.3 Å². The number of rotatable bonds is 17. The number of pyridine rings is 2. The number of nitriles is 2. The van der Waals surface area contributed by atoms with E-state index in [2.05, 4.69) is 39.5 Å². The summed E-state index contributed by atoms with van der Waals surface area (Å²) in [6.45, 7) is 4.17. The van der Waals surface area contributed by atoms with Crippen LogP contribution in [0.3, 0.4) is 0 Å². The van der Waals surface area contributed by atoms with Crippen molar-refractivity contribution >= 4 is 34.0 Å². The average molecular weight is 1120 g/mol. The molecule has 23 heteroatoms. The molecule has 0 aliphatic carbocycles. The second-order valence-electron chi connectivity index (χ2n) is 19.3. The van der Waals surface area contributed by atoms with Gasteiger partial charge in [0, 0.05) is 60.1 Å². The molecule has 2 fully saturated rings. The Hall–Kier alpha value is -8.90. The number of carbonyl (C=O) groups excluding carboxylic acids is 1. The second-order valence-corrected chi connectivity index (χ2v) is 19.3. The third-order valence-corrected chi connectivity index (χ3v) is 14.2. The highest BCUT2D eigenvalue weighted by Gasteiger charge is 2.29. The average Bonchev–Trinajstić information content (AvgIpc) is 4.22. The minimum Gasteiger partial charge on any atom is -0.478 e. The highest BCUT2D eigenvalue weighted by atomic mass is 19.2. The highest BCUT2D eigenvalue weighted by molar-refractivity contribution is 5.94. The van der Waals surface area contributed by atoms with Crippen LogP contribution in [0.2, 0.25) is 0 Å². The van der Waals surface area contributed by atoms with Crippen LogP contribution in [0.1, 0.15) is 104 Å². The molecule has 2 aliphatic rings. The Kier molecular flexibility index (Phi) is 17.9. The van der Waals surface area contributed by atoms with Crippen LogP contribution in [0.15, 0.2) is 84.9 Å². The molecule has 0 saturated carbocycles. The number of ether oxygens (including phenoxy) is 4. The molecule has 2 N–H and O–H groups in total. The second kappa shape index (κ2) is 25.5. The Labute approximate surface area is 459 Å². The number of nitrogens with one attached hydrogen (secondary N) is 1. The van der Waals surface area contributed by atoms with Gasteiger partial charge in [-0.15, -0.1) is 0 Å². The zero-order valence-corrected chi connectivity index (χ0v) is 43.8. The van der Waals surface area contributed by atoms with Gasteiger partial charge in [0.25, 0.3) is 0 Å². The van der Waals surface area contributed by atoms with E-state index in [1.165, 1.54) is 43.5 Å². The first-order valence-corrected chi connectivity index (χ1v) is 25.7. The fourth-order valence-corrected chi connectivity index (χ4v) is 9.86. The van der Waals surface area contributed by atoms with E-state index in [0.29, 0.717) is 67.3 Å². The minimum absolute atomic E-state index is 0.00441. The van der Waals surface area contributed by atoms with Gasteiger partial charge in [-0.2, -0.15) is 10.5 Å². The Morgan fingerprint density at radius 3 is 1.69 bits per heavy atom. The fourth-order valence-electron chi connectivity index (χ4n) is 9.86. The third kappa shape index (κ3) is 13.1. The van der Waals surface area contributed by atoms with E-state index in [9.17, 15) is 41.0 Å². The van der Waals surface area contributed by atoms with Crippen LogP contribution in [-0.4, -0.2) is 103 Å². The number of carbonyl (C=O) groups is 2. The highest BCUT2D eigenvalue weighted by Crippen LogP contribution is 2.33. The van der Waals surface area contributed by atoms with Crippen molar-refractivity contribution in [2.45, 2.75) is 70.4 Å². The molecular formula is C58H52F6N10O7. The maximum absolute atomic E-state index is 14.8. The number of hydrogen-bond donors (Lipinski definition) is 2. The summed E-state index contributed by atoms with van der Waals surface area (Å²) < 4.78 is 109. The molecule has 0 atom stereocenters. The molecule has 418 valence electrons. The summed E-state index contributed by atoms with van der Waals surface area (Å²) in [4.78, 5) is 48.3. The number of methoxy groups -OCH3 is 2. The first-order chi connectivity index (χ1) is 39.1. The van der Waals surface area contributed by atoms with Gasteiger partial charge in [-0.05, 0) is 100 Å². The third-order valence-electron chi connectivity index (χ3n) is 14.2. The predicted molar refractivity (Wildman–Crippen MR) is 280 cm³/mol. The number of aromatic nitrogens is 6. The van der Waals surface area contributed by atoms with E-state index in [0.717, 1.165) is 63.3 Å². The van der Waals surface area contributed by atoms with E-state index in [1.807, 2.05) is 36.4 Å². The number of halogens is 6. The minimum atomic E-state index is -1.55. The van der Waals surface area contributed by atoms with Crippen molar-refractivity contribution in [2.75, 3.05) is 47.0 Å². The molecule has 0 radical (unpaired) electrons. The summed E-state index contributed by atoms with van der Waals surface area (Å²) in [5, 5.41) is 27.1. The predicted octanol–water partition coefficient (Wildman–Crippen LogP) is 10.0. The molecule has 17 nitrogen and oxygen atoms in total. The Morgan fingerprint density at radius 2 is 1.19 bits per heavy atom. The molecule has 2 saturated heterocycles. The number of esters is 1. The number of aromatic carboxylic acids is 1. The van der Waals surface area contributed by atoms with Crippen molar-refractivity contribution in [1.82, 2.24) is 39.3 Å². The van der Waals surface area contributed by atoms with Crippen LogP contribution in [0, 0.1) is 57.6 Å². The number of carboxylic acids is 1.